The molecule has 0 spiro atoms. The van der Waals surface area contributed by atoms with Gasteiger partial charge in [-0.2, -0.15) is 0 Å². The molecule has 0 fully saturated rings. The van der Waals surface area contributed by atoms with Gasteiger partial charge >= 0.3 is 0 Å². The number of hydrogen-bond acceptors (Lipinski definition) is 4. The van der Waals surface area contributed by atoms with Crippen molar-refractivity contribution in [1.82, 2.24) is 5.32 Å². The fraction of sp³-hybridized carbons (Fsp3) is 0.750. The molecule has 1 heterocycles. The number of aliphatic imine (C=N–C) groups is 1. The van der Waals surface area contributed by atoms with Crippen molar-refractivity contribution in [2.45, 2.75) is 6.42 Å². The zero-order valence-corrected chi connectivity index (χ0v) is 7.71. The number of nitrogens with zero attached hydrogens (tertiary/aromatic N) is 1. The van der Waals surface area contributed by atoms with E-state index in [0.717, 1.165) is 5.84 Å². The van der Waals surface area contributed by atoms with Gasteiger partial charge in [0.05, 0.1) is 19.8 Å². The average Bonchev–Trinajstić information content (AvgIpc) is 2.51. The van der Waals surface area contributed by atoms with Crippen molar-refractivity contribution in [2.24, 2.45) is 4.99 Å². The lowest BCUT2D eigenvalue weighted by molar-refractivity contribution is -0.117. The third-order valence-corrected chi connectivity index (χ3v) is 1.61. The Bertz CT molecular complexity index is 204. The van der Waals surface area contributed by atoms with Crippen LogP contribution in [0.4, 0.5) is 0 Å². The maximum absolute atomic E-state index is 10.7. The van der Waals surface area contributed by atoms with E-state index in [1.807, 2.05) is 0 Å². The summed E-state index contributed by atoms with van der Waals surface area (Å²) >= 11 is 0. The summed E-state index contributed by atoms with van der Waals surface area (Å²) in [6.07, 6.45) is 0.662. The van der Waals surface area contributed by atoms with E-state index in [2.05, 4.69) is 10.3 Å². The summed E-state index contributed by atoms with van der Waals surface area (Å²) in [5.74, 6) is 0.689. The van der Waals surface area contributed by atoms with E-state index in [1.54, 1.807) is 7.11 Å². The molecule has 1 aliphatic heterocycles. The van der Waals surface area contributed by atoms with Crippen molar-refractivity contribution in [2.75, 3.05) is 33.5 Å². The highest BCUT2D eigenvalue weighted by molar-refractivity contribution is 6.03. The van der Waals surface area contributed by atoms with Crippen molar-refractivity contribution in [3.63, 3.8) is 0 Å². The Morgan fingerprint density at radius 2 is 2.31 bits per heavy atom. The van der Waals surface area contributed by atoms with Gasteiger partial charge in [-0.3, -0.25) is 9.79 Å². The molecular weight excluding hydrogens is 172 g/mol. The largest absolute Gasteiger partial charge is 0.382 e. The number of hydrogen-bond donors (Lipinski definition) is 1. The van der Waals surface area contributed by atoms with Gasteiger partial charge in [-0.05, 0) is 0 Å². The first-order chi connectivity index (χ1) is 6.33. The van der Waals surface area contributed by atoms with Crippen molar-refractivity contribution in [3.05, 3.63) is 0 Å². The third kappa shape index (κ3) is 4.00. The van der Waals surface area contributed by atoms with Crippen LogP contribution >= 0.6 is 0 Å². The Balaban J connectivity index is 1.97. The minimum absolute atomic E-state index is 0.0353. The van der Waals surface area contributed by atoms with Gasteiger partial charge in [0, 0.05) is 13.5 Å². The zero-order chi connectivity index (χ0) is 9.52. The van der Waals surface area contributed by atoms with E-state index in [1.165, 1.54) is 0 Å². The first kappa shape index (κ1) is 10.1. The molecule has 1 amide bonds. The molecular formula is C8H14N2O3. The summed E-state index contributed by atoms with van der Waals surface area (Å²) in [6, 6.07) is 0. The van der Waals surface area contributed by atoms with Gasteiger partial charge in [0.1, 0.15) is 12.4 Å². The SMILES string of the molecule is COCCOCCC1=NCC(=O)N1. The van der Waals surface area contributed by atoms with Gasteiger partial charge in [-0.15, -0.1) is 0 Å². The van der Waals surface area contributed by atoms with Crippen LogP contribution in [0, 0.1) is 0 Å². The van der Waals surface area contributed by atoms with Crippen LogP contribution in [0.2, 0.25) is 0 Å². The number of carbonyl (C=O) groups excluding carboxylic acids is 1. The molecule has 1 N–H and O–H groups in total. The zero-order valence-electron chi connectivity index (χ0n) is 7.71. The molecule has 0 saturated carbocycles. The molecule has 0 atom stereocenters. The molecule has 1 rings (SSSR count). The maximum atomic E-state index is 10.7. The summed E-state index contributed by atoms with van der Waals surface area (Å²) in [5, 5.41) is 2.64. The highest BCUT2D eigenvalue weighted by atomic mass is 16.5. The number of amides is 1. The third-order valence-electron chi connectivity index (χ3n) is 1.61. The van der Waals surface area contributed by atoms with Crippen LogP contribution in [-0.4, -0.2) is 45.2 Å². The highest BCUT2D eigenvalue weighted by Gasteiger charge is 2.11. The molecule has 74 valence electrons. The number of ether oxygens (including phenoxy) is 2. The van der Waals surface area contributed by atoms with Crippen LogP contribution in [-0.2, 0) is 14.3 Å². The maximum Gasteiger partial charge on any atom is 0.246 e. The van der Waals surface area contributed by atoms with E-state index < -0.39 is 0 Å². The van der Waals surface area contributed by atoms with E-state index in [-0.39, 0.29) is 12.5 Å². The van der Waals surface area contributed by atoms with Crippen molar-refractivity contribution < 1.29 is 14.3 Å². The average molecular weight is 186 g/mol. The molecule has 0 saturated heterocycles. The Morgan fingerprint density at radius 3 is 2.92 bits per heavy atom. The normalized spacial score (nSPS) is 15.8. The van der Waals surface area contributed by atoms with Crippen LogP contribution in [0.15, 0.2) is 4.99 Å². The molecule has 0 bridgehead atoms. The second-order valence-electron chi connectivity index (χ2n) is 2.67. The minimum atomic E-state index is -0.0353. The lowest BCUT2D eigenvalue weighted by Crippen LogP contribution is -2.25. The second-order valence-corrected chi connectivity index (χ2v) is 2.67. The van der Waals surface area contributed by atoms with E-state index in [0.29, 0.717) is 26.2 Å². The molecule has 0 aromatic heterocycles. The number of carbonyl (C=O) groups is 1. The van der Waals surface area contributed by atoms with Crippen LogP contribution in [0.1, 0.15) is 6.42 Å². The molecule has 5 nitrogen and oxygen atoms in total. The molecule has 0 aromatic carbocycles. The van der Waals surface area contributed by atoms with Gasteiger partial charge in [-0.25, -0.2) is 0 Å². The summed E-state index contributed by atoms with van der Waals surface area (Å²) in [7, 11) is 1.63. The van der Waals surface area contributed by atoms with Crippen molar-refractivity contribution in [3.8, 4) is 0 Å². The second kappa shape index (κ2) is 5.66. The lowest BCUT2D eigenvalue weighted by atomic mass is 10.4. The topological polar surface area (TPSA) is 59.9 Å². The molecule has 1 aliphatic rings. The fourth-order valence-electron chi connectivity index (χ4n) is 0.962. The molecule has 0 radical (unpaired) electrons. The Hall–Kier alpha value is -0.940. The first-order valence-electron chi connectivity index (χ1n) is 4.23. The molecule has 0 unspecified atom stereocenters. The van der Waals surface area contributed by atoms with Crippen LogP contribution in [0.5, 0.6) is 0 Å². The summed E-state index contributed by atoms with van der Waals surface area (Å²) in [4.78, 5) is 14.7. The predicted octanol–water partition coefficient (Wildman–Crippen LogP) is -0.432. The number of methoxy groups -OCH3 is 1. The van der Waals surface area contributed by atoms with E-state index >= 15 is 0 Å². The van der Waals surface area contributed by atoms with E-state index in [9.17, 15) is 4.79 Å². The monoisotopic (exact) mass is 186 g/mol. The summed E-state index contributed by atoms with van der Waals surface area (Å²) < 4.78 is 10.0. The lowest BCUT2D eigenvalue weighted by Gasteiger charge is -2.03. The summed E-state index contributed by atoms with van der Waals surface area (Å²) in [6.45, 7) is 2.01. The van der Waals surface area contributed by atoms with Crippen molar-refractivity contribution >= 4 is 11.7 Å². The number of rotatable bonds is 6. The Labute approximate surface area is 77.1 Å². The minimum Gasteiger partial charge on any atom is -0.382 e. The summed E-state index contributed by atoms with van der Waals surface area (Å²) in [5.41, 5.74) is 0. The molecule has 13 heavy (non-hydrogen) atoms. The fourth-order valence-corrected chi connectivity index (χ4v) is 0.962. The van der Waals surface area contributed by atoms with Crippen LogP contribution in [0.25, 0.3) is 0 Å². The number of nitrogens with one attached hydrogen (secondary N) is 1. The Morgan fingerprint density at radius 1 is 1.46 bits per heavy atom. The Kier molecular flexibility index (Phi) is 4.42. The molecule has 5 heteroatoms. The van der Waals surface area contributed by atoms with Crippen LogP contribution < -0.4 is 5.32 Å². The van der Waals surface area contributed by atoms with Gasteiger partial charge in [0.25, 0.3) is 0 Å². The van der Waals surface area contributed by atoms with Gasteiger partial charge in [-0.1, -0.05) is 0 Å². The number of amidine groups is 1. The van der Waals surface area contributed by atoms with Gasteiger partial charge in [0.15, 0.2) is 0 Å². The quantitative estimate of drug-likeness (QED) is 0.572. The van der Waals surface area contributed by atoms with Crippen LogP contribution in [0.3, 0.4) is 0 Å². The molecule has 0 aliphatic carbocycles. The van der Waals surface area contributed by atoms with E-state index in [4.69, 9.17) is 9.47 Å². The standard InChI is InChI=1S/C8H14N2O3/c1-12-4-5-13-3-2-7-9-6-8(11)10-7/h2-6H2,1H3,(H,9,10,11). The van der Waals surface area contributed by atoms with Gasteiger partial charge < -0.3 is 14.8 Å². The predicted molar refractivity (Wildman–Crippen MR) is 47.8 cm³/mol. The molecule has 0 aromatic rings. The first-order valence-corrected chi connectivity index (χ1v) is 4.23. The smallest absolute Gasteiger partial charge is 0.246 e. The van der Waals surface area contributed by atoms with Gasteiger partial charge in [0.2, 0.25) is 5.91 Å². The van der Waals surface area contributed by atoms with Crippen molar-refractivity contribution in [1.29, 1.82) is 0 Å². The highest BCUT2D eigenvalue weighted by Crippen LogP contribution is 1.92.